The summed E-state index contributed by atoms with van der Waals surface area (Å²) in [7, 11) is -3.78. The Bertz CT molecular complexity index is 701. The molecule has 1 heterocycles. The molecular formula is C16H22Cl2N2O3S. The Morgan fingerprint density at radius 3 is 2.04 bits per heavy atom. The number of carbonyl (C=O) groups is 1. The summed E-state index contributed by atoms with van der Waals surface area (Å²) in [6.07, 6.45) is 0.441. The molecule has 1 aliphatic rings. The van der Waals surface area contributed by atoms with E-state index >= 15 is 0 Å². The number of halogens is 2. The SMILES string of the molecule is CC(C)(C)CC(=O)N1CCN(S(=O)(=O)c2c(Cl)cccc2Cl)CC1. The van der Waals surface area contributed by atoms with Gasteiger partial charge < -0.3 is 4.90 Å². The predicted octanol–water partition coefficient (Wildman–Crippen LogP) is 3.26. The molecule has 0 radical (unpaired) electrons. The van der Waals surface area contributed by atoms with E-state index in [1.807, 2.05) is 20.8 Å². The molecule has 24 heavy (non-hydrogen) atoms. The minimum Gasteiger partial charge on any atom is -0.340 e. The average molecular weight is 393 g/mol. The van der Waals surface area contributed by atoms with Crippen molar-refractivity contribution < 1.29 is 13.2 Å². The van der Waals surface area contributed by atoms with Crippen LogP contribution in [-0.4, -0.2) is 49.7 Å². The summed E-state index contributed by atoms with van der Waals surface area (Å²) >= 11 is 12.1. The van der Waals surface area contributed by atoms with Crippen molar-refractivity contribution in [2.75, 3.05) is 26.2 Å². The minimum absolute atomic E-state index is 0.0512. The second-order valence-corrected chi connectivity index (χ2v) is 9.76. The Morgan fingerprint density at radius 2 is 1.58 bits per heavy atom. The van der Waals surface area contributed by atoms with Crippen molar-refractivity contribution in [1.82, 2.24) is 9.21 Å². The van der Waals surface area contributed by atoms with Crippen LogP contribution >= 0.6 is 23.2 Å². The molecule has 0 unspecified atom stereocenters. The molecule has 0 bridgehead atoms. The summed E-state index contributed by atoms with van der Waals surface area (Å²) in [5.74, 6) is 0.0512. The number of hydrogen-bond donors (Lipinski definition) is 0. The summed E-state index contributed by atoms with van der Waals surface area (Å²) in [5.41, 5.74) is -0.0919. The lowest BCUT2D eigenvalue weighted by molar-refractivity contribution is -0.134. The Kier molecular flexibility index (Phi) is 5.85. The van der Waals surface area contributed by atoms with Gasteiger partial charge in [0.1, 0.15) is 4.90 Å². The highest BCUT2D eigenvalue weighted by Crippen LogP contribution is 2.32. The largest absolute Gasteiger partial charge is 0.340 e. The van der Waals surface area contributed by atoms with Gasteiger partial charge in [0.2, 0.25) is 15.9 Å². The first-order valence-electron chi connectivity index (χ1n) is 7.74. The van der Waals surface area contributed by atoms with Crippen molar-refractivity contribution in [3.05, 3.63) is 28.2 Å². The van der Waals surface area contributed by atoms with E-state index in [1.165, 1.54) is 16.4 Å². The highest BCUT2D eigenvalue weighted by molar-refractivity contribution is 7.89. The predicted molar refractivity (Wildman–Crippen MR) is 95.9 cm³/mol. The van der Waals surface area contributed by atoms with E-state index in [1.54, 1.807) is 11.0 Å². The van der Waals surface area contributed by atoms with E-state index in [2.05, 4.69) is 0 Å². The van der Waals surface area contributed by atoms with Crippen LogP contribution in [0.5, 0.6) is 0 Å². The van der Waals surface area contributed by atoms with Gasteiger partial charge in [-0.2, -0.15) is 4.31 Å². The standard InChI is InChI=1S/C16H22Cl2N2O3S/c1-16(2,3)11-14(21)19-7-9-20(10-8-19)24(22,23)15-12(17)5-4-6-13(15)18/h4-6H,7-11H2,1-3H3. The minimum atomic E-state index is -3.78. The number of benzene rings is 1. The molecule has 0 aliphatic carbocycles. The zero-order chi connectivity index (χ0) is 18.1. The maximum Gasteiger partial charge on any atom is 0.246 e. The molecule has 1 saturated heterocycles. The third kappa shape index (κ3) is 4.42. The number of rotatable bonds is 3. The van der Waals surface area contributed by atoms with Gasteiger partial charge in [-0.3, -0.25) is 4.79 Å². The molecule has 0 atom stereocenters. The first-order chi connectivity index (χ1) is 11.0. The molecule has 0 spiro atoms. The van der Waals surface area contributed by atoms with Crippen LogP contribution in [0.25, 0.3) is 0 Å². The molecule has 1 aromatic carbocycles. The molecule has 134 valence electrons. The summed E-state index contributed by atoms with van der Waals surface area (Å²) in [4.78, 5) is 13.9. The Balaban J connectivity index is 2.10. The highest BCUT2D eigenvalue weighted by Gasteiger charge is 2.33. The third-order valence-electron chi connectivity index (χ3n) is 3.79. The molecule has 0 N–H and O–H groups in total. The van der Waals surface area contributed by atoms with Crippen LogP contribution in [-0.2, 0) is 14.8 Å². The Morgan fingerprint density at radius 1 is 1.08 bits per heavy atom. The van der Waals surface area contributed by atoms with Gasteiger partial charge in [0, 0.05) is 32.6 Å². The van der Waals surface area contributed by atoms with Crippen LogP contribution in [0.15, 0.2) is 23.1 Å². The average Bonchev–Trinajstić information content (AvgIpc) is 2.45. The number of piperazine rings is 1. The first-order valence-corrected chi connectivity index (χ1v) is 9.94. The summed E-state index contributed by atoms with van der Waals surface area (Å²) < 4.78 is 26.9. The van der Waals surface area contributed by atoms with Gasteiger partial charge in [-0.1, -0.05) is 50.0 Å². The number of hydrogen-bond acceptors (Lipinski definition) is 3. The molecular weight excluding hydrogens is 371 g/mol. The van der Waals surface area contributed by atoms with Crippen LogP contribution < -0.4 is 0 Å². The zero-order valence-electron chi connectivity index (χ0n) is 14.1. The molecule has 8 heteroatoms. The summed E-state index contributed by atoms with van der Waals surface area (Å²) in [5, 5.41) is 0.211. The summed E-state index contributed by atoms with van der Waals surface area (Å²) in [6.45, 7) is 7.23. The molecule has 1 aliphatic heterocycles. The van der Waals surface area contributed by atoms with Gasteiger partial charge in [-0.25, -0.2) is 8.42 Å². The quantitative estimate of drug-likeness (QED) is 0.792. The molecule has 5 nitrogen and oxygen atoms in total. The van der Waals surface area contributed by atoms with Crippen molar-refractivity contribution in [2.45, 2.75) is 32.1 Å². The second kappa shape index (κ2) is 7.20. The van der Waals surface area contributed by atoms with E-state index in [0.29, 0.717) is 19.5 Å². The van der Waals surface area contributed by atoms with E-state index in [4.69, 9.17) is 23.2 Å². The maximum atomic E-state index is 12.8. The van der Waals surface area contributed by atoms with Gasteiger partial charge in [0.25, 0.3) is 0 Å². The van der Waals surface area contributed by atoms with Crippen molar-refractivity contribution in [3.63, 3.8) is 0 Å². The molecule has 2 rings (SSSR count). The lowest BCUT2D eigenvalue weighted by Crippen LogP contribution is -2.51. The lowest BCUT2D eigenvalue weighted by atomic mass is 9.91. The van der Waals surface area contributed by atoms with Crippen LogP contribution in [0.1, 0.15) is 27.2 Å². The topological polar surface area (TPSA) is 57.7 Å². The first kappa shape index (κ1) is 19.5. The molecule has 0 saturated carbocycles. The molecule has 1 amide bonds. The zero-order valence-corrected chi connectivity index (χ0v) is 16.4. The summed E-state index contributed by atoms with van der Waals surface area (Å²) in [6, 6.07) is 4.61. The van der Waals surface area contributed by atoms with Gasteiger partial charge >= 0.3 is 0 Å². The van der Waals surface area contributed by atoms with Gasteiger partial charge in [0.05, 0.1) is 10.0 Å². The number of carbonyl (C=O) groups excluding carboxylic acids is 1. The monoisotopic (exact) mass is 392 g/mol. The Hall–Kier alpha value is -0.820. The van der Waals surface area contributed by atoms with Crippen LogP contribution in [0, 0.1) is 5.41 Å². The maximum absolute atomic E-state index is 12.8. The van der Waals surface area contributed by atoms with Gasteiger partial charge in [0.15, 0.2) is 0 Å². The second-order valence-electron chi connectivity index (χ2n) is 7.07. The van der Waals surface area contributed by atoms with Crippen LogP contribution in [0.3, 0.4) is 0 Å². The van der Waals surface area contributed by atoms with Gasteiger partial charge in [-0.05, 0) is 17.5 Å². The van der Waals surface area contributed by atoms with Crippen LogP contribution in [0.2, 0.25) is 10.0 Å². The number of amides is 1. The number of nitrogens with zero attached hydrogens (tertiary/aromatic N) is 2. The van der Waals surface area contributed by atoms with Crippen molar-refractivity contribution >= 4 is 39.1 Å². The van der Waals surface area contributed by atoms with Crippen molar-refractivity contribution in [3.8, 4) is 0 Å². The fourth-order valence-electron chi connectivity index (χ4n) is 2.60. The van der Waals surface area contributed by atoms with Crippen LogP contribution in [0.4, 0.5) is 0 Å². The van der Waals surface area contributed by atoms with E-state index in [0.717, 1.165) is 0 Å². The van der Waals surface area contributed by atoms with E-state index in [-0.39, 0.29) is 39.4 Å². The highest BCUT2D eigenvalue weighted by atomic mass is 35.5. The van der Waals surface area contributed by atoms with Crippen molar-refractivity contribution in [1.29, 1.82) is 0 Å². The fourth-order valence-corrected chi connectivity index (χ4v) is 5.11. The van der Waals surface area contributed by atoms with Gasteiger partial charge in [-0.15, -0.1) is 0 Å². The fraction of sp³-hybridized carbons (Fsp3) is 0.562. The normalized spacial score (nSPS) is 17.1. The lowest BCUT2D eigenvalue weighted by Gasteiger charge is -2.35. The molecule has 0 aromatic heterocycles. The third-order valence-corrected chi connectivity index (χ3v) is 6.64. The van der Waals surface area contributed by atoms with E-state index < -0.39 is 10.0 Å². The smallest absolute Gasteiger partial charge is 0.246 e. The molecule has 1 fully saturated rings. The Labute approximate surface area is 153 Å². The number of sulfonamides is 1. The van der Waals surface area contributed by atoms with E-state index in [9.17, 15) is 13.2 Å². The van der Waals surface area contributed by atoms with Crippen molar-refractivity contribution in [2.24, 2.45) is 5.41 Å². The molecule has 1 aromatic rings.